The Hall–Kier alpha value is -0.780. The van der Waals surface area contributed by atoms with Crippen LogP contribution >= 0.6 is 0 Å². The van der Waals surface area contributed by atoms with E-state index in [9.17, 15) is 18.0 Å². The summed E-state index contributed by atoms with van der Waals surface area (Å²) in [5.41, 5.74) is 0. The molecule has 2 N–H and O–H groups in total. The van der Waals surface area contributed by atoms with Gasteiger partial charge in [-0.25, -0.2) is 0 Å². The average Bonchev–Trinajstić information content (AvgIpc) is 2.26. The van der Waals surface area contributed by atoms with Gasteiger partial charge in [0.2, 0.25) is 5.91 Å². The highest BCUT2D eigenvalue weighted by Crippen LogP contribution is 2.18. The first kappa shape index (κ1) is 14.3. The summed E-state index contributed by atoms with van der Waals surface area (Å²) < 4.78 is 35.7. The molecule has 1 fully saturated rings. The molecule has 1 aliphatic carbocycles. The molecule has 0 radical (unpaired) electrons. The van der Waals surface area contributed by atoms with E-state index >= 15 is 0 Å². The third kappa shape index (κ3) is 5.91. The molecule has 0 aromatic rings. The number of nitrogens with one attached hydrogen (secondary N) is 2. The molecule has 0 heterocycles. The summed E-state index contributed by atoms with van der Waals surface area (Å²) in [7, 11) is 0. The lowest BCUT2D eigenvalue weighted by molar-refractivity contribution is -0.139. The SMILES string of the molecule is CC(NC1CCCCC1)C(=O)NCC(F)(F)F. The van der Waals surface area contributed by atoms with Crippen LogP contribution in [0.3, 0.4) is 0 Å². The first-order valence-corrected chi connectivity index (χ1v) is 5.99. The van der Waals surface area contributed by atoms with Gasteiger partial charge in [-0.2, -0.15) is 13.2 Å². The zero-order valence-electron chi connectivity index (χ0n) is 9.94. The Morgan fingerprint density at radius 3 is 2.41 bits per heavy atom. The molecular formula is C11H19F3N2O. The standard InChI is InChI=1S/C11H19F3N2O/c1-8(10(17)15-7-11(12,13)14)16-9-5-3-2-4-6-9/h8-9,16H,2-7H2,1H3,(H,15,17). The molecule has 3 nitrogen and oxygen atoms in total. The Kier molecular flexibility index (Phi) is 5.24. The maximum Gasteiger partial charge on any atom is 0.405 e. The normalized spacial score (nSPS) is 20.0. The van der Waals surface area contributed by atoms with Crippen molar-refractivity contribution in [2.75, 3.05) is 6.54 Å². The Labute approximate surface area is 99.1 Å². The van der Waals surface area contributed by atoms with Gasteiger partial charge in [-0.1, -0.05) is 19.3 Å². The van der Waals surface area contributed by atoms with Gasteiger partial charge in [0.15, 0.2) is 0 Å². The van der Waals surface area contributed by atoms with Crippen molar-refractivity contribution in [2.45, 2.75) is 57.3 Å². The Bertz CT molecular complexity index is 250. The van der Waals surface area contributed by atoms with Gasteiger partial charge in [-0.3, -0.25) is 4.79 Å². The fourth-order valence-corrected chi connectivity index (χ4v) is 2.04. The number of carbonyl (C=O) groups excluding carboxylic acids is 1. The molecular weight excluding hydrogens is 233 g/mol. The van der Waals surface area contributed by atoms with Crippen molar-refractivity contribution in [3.05, 3.63) is 0 Å². The van der Waals surface area contributed by atoms with E-state index in [2.05, 4.69) is 5.32 Å². The smallest absolute Gasteiger partial charge is 0.346 e. The summed E-state index contributed by atoms with van der Waals surface area (Å²) in [6, 6.07) is -0.309. The summed E-state index contributed by atoms with van der Waals surface area (Å²) >= 11 is 0. The molecule has 0 saturated heterocycles. The minimum Gasteiger partial charge on any atom is -0.346 e. The lowest BCUT2D eigenvalue weighted by Gasteiger charge is -2.26. The van der Waals surface area contributed by atoms with Crippen LogP contribution in [0.5, 0.6) is 0 Å². The molecule has 0 spiro atoms. The zero-order chi connectivity index (χ0) is 12.9. The second-order valence-electron chi connectivity index (χ2n) is 4.56. The molecule has 1 amide bonds. The van der Waals surface area contributed by atoms with Crippen LogP contribution in [0.15, 0.2) is 0 Å². The number of hydrogen-bond donors (Lipinski definition) is 2. The Morgan fingerprint density at radius 2 is 1.88 bits per heavy atom. The molecule has 17 heavy (non-hydrogen) atoms. The van der Waals surface area contributed by atoms with Crippen LogP contribution in [0, 0.1) is 0 Å². The van der Waals surface area contributed by atoms with Gasteiger partial charge in [-0.15, -0.1) is 0 Å². The van der Waals surface area contributed by atoms with E-state index < -0.39 is 24.7 Å². The molecule has 1 aliphatic rings. The summed E-state index contributed by atoms with van der Waals surface area (Å²) in [5.74, 6) is -0.590. The lowest BCUT2D eigenvalue weighted by atomic mass is 9.95. The van der Waals surface area contributed by atoms with Crippen LogP contribution in [0.25, 0.3) is 0 Å². The molecule has 0 aromatic heterocycles. The largest absolute Gasteiger partial charge is 0.405 e. The van der Waals surface area contributed by atoms with Crippen molar-refractivity contribution < 1.29 is 18.0 Å². The topological polar surface area (TPSA) is 41.1 Å². The van der Waals surface area contributed by atoms with E-state index in [4.69, 9.17) is 0 Å². The molecule has 0 bridgehead atoms. The first-order valence-electron chi connectivity index (χ1n) is 5.99. The van der Waals surface area contributed by atoms with Crippen molar-refractivity contribution in [2.24, 2.45) is 0 Å². The summed E-state index contributed by atoms with van der Waals surface area (Å²) in [4.78, 5) is 11.4. The maximum atomic E-state index is 11.9. The average molecular weight is 252 g/mol. The minimum absolute atomic E-state index is 0.260. The number of hydrogen-bond acceptors (Lipinski definition) is 2. The maximum absolute atomic E-state index is 11.9. The number of amides is 1. The monoisotopic (exact) mass is 252 g/mol. The van der Waals surface area contributed by atoms with Crippen LogP contribution < -0.4 is 10.6 Å². The van der Waals surface area contributed by atoms with E-state index in [1.165, 1.54) is 6.42 Å². The fraction of sp³-hybridized carbons (Fsp3) is 0.909. The van der Waals surface area contributed by atoms with E-state index in [0.29, 0.717) is 0 Å². The highest BCUT2D eigenvalue weighted by molar-refractivity contribution is 5.81. The highest BCUT2D eigenvalue weighted by Gasteiger charge is 2.29. The van der Waals surface area contributed by atoms with Crippen molar-refractivity contribution in [3.63, 3.8) is 0 Å². The second kappa shape index (κ2) is 6.23. The van der Waals surface area contributed by atoms with Crippen molar-refractivity contribution >= 4 is 5.91 Å². The van der Waals surface area contributed by atoms with Gasteiger partial charge in [0.05, 0.1) is 6.04 Å². The molecule has 1 saturated carbocycles. The molecule has 1 atom stereocenters. The van der Waals surface area contributed by atoms with E-state index in [1.54, 1.807) is 6.92 Å². The summed E-state index contributed by atoms with van der Waals surface area (Å²) in [5, 5.41) is 4.96. The van der Waals surface area contributed by atoms with E-state index in [-0.39, 0.29) is 6.04 Å². The second-order valence-corrected chi connectivity index (χ2v) is 4.56. The van der Waals surface area contributed by atoms with Crippen LogP contribution in [0.1, 0.15) is 39.0 Å². The van der Waals surface area contributed by atoms with Gasteiger partial charge < -0.3 is 10.6 Å². The third-order valence-electron chi connectivity index (χ3n) is 2.95. The number of carbonyl (C=O) groups is 1. The van der Waals surface area contributed by atoms with Crippen molar-refractivity contribution in [3.8, 4) is 0 Å². The third-order valence-corrected chi connectivity index (χ3v) is 2.95. The Morgan fingerprint density at radius 1 is 1.29 bits per heavy atom. The van der Waals surface area contributed by atoms with Gasteiger partial charge in [0.25, 0.3) is 0 Å². The van der Waals surface area contributed by atoms with Gasteiger partial charge in [0.1, 0.15) is 6.54 Å². The minimum atomic E-state index is -4.35. The first-order chi connectivity index (χ1) is 7.88. The van der Waals surface area contributed by atoms with Crippen LogP contribution in [-0.2, 0) is 4.79 Å². The molecule has 1 unspecified atom stereocenters. The molecule has 100 valence electrons. The molecule has 0 aliphatic heterocycles. The predicted octanol–water partition coefficient (Wildman–Crippen LogP) is 1.98. The zero-order valence-corrected chi connectivity index (χ0v) is 9.94. The number of halogens is 3. The quantitative estimate of drug-likeness (QED) is 0.803. The van der Waals surface area contributed by atoms with Gasteiger partial charge >= 0.3 is 6.18 Å². The number of alkyl halides is 3. The molecule has 0 aromatic carbocycles. The lowest BCUT2D eigenvalue weighted by Crippen LogP contribution is -2.48. The van der Waals surface area contributed by atoms with Gasteiger partial charge in [0, 0.05) is 6.04 Å². The van der Waals surface area contributed by atoms with Crippen LogP contribution in [0.4, 0.5) is 13.2 Å². The fourth-order valence-electron chi connectivity index (χ4n) is 2.04. The van der Waals surface area contributed by atoms with Gasteiger partial charge in [-0.05, 0) is 19.8 Å². The Balaban J connectivity index is 2.26. The van der Waals surface area contributed by atoms with E-state index in [1.807, 2.05) is 5.32 Å². The van der Waals surface area contributed by atoms with Crippen LogP contribution in [0.2, 0.25) is 0 Å². The molecule has 6 heteroatoms. The van der Waals surface area contributed by atoms with Crippen molar-refractivity contribution in [1.82, 2.24) is 10.6 Å². The van der Waals surface area contributed by atoms with Crippen molar-refractivity contribution in [1.29, 1.82) is 0 Å². The number of rotatable bonds is 4. The van der Waals surface area contributed by atoms with Crippen LogP contribution in [-0.4, -0.2) is 30.7 Å². The summed E-state index contributed by atoms with van der Waals surface area (Å²) in [6.07, 6.45) is 1.09. The molecule has 1 rings (SSSR count). The highest BCUT2D eigenvalue weighted by atomic mass is 19.4. The summed E-state index contributed by atoms with van der Waals surface area (Å²) in [6.45, 7) is 0.336. The predicted molar refractivity (Wildman–Crippen MR) is 58.5 cm³/mol. The van der Waals surface area contributed by atoms with E-state index in [0.717, 1.165) is 25.7 Å².